The summed E-state index contributed by atoms with van der Waals surface area (Å²) in [4.78, 5) is 17.6. The van der Waals surface area contributed by atoms with Crippen molar-refractivity contribution < 1.29 is 14.3 Å². The van der Waals surface area contributed by atoms with Gasteiger partial charge in [0.2, 0.25) is 5.91 Å². The molecular formula is C25H31FN2O2. The molecule has 1 aliphatic carbocycles. The van der Waals surface area contributed by atoms with Crippen molar-refractivity contribution in [3.8, 4) is 0 Å². The Bertz CT molecular complexity index is 864. The molecule has 30 heavy (non-hydrogen) atoms. The van der Waals surface area contributed by atoms with Crippen LogP contribution in [0.25, 0.3) is 0 Å². The lowest BCUT2D eigenvalue weighted by molar-refractivity contribution is -0.137. The molecule has 1 unspecified atom stereocenters. The number of amides is 1. The fourth-order valence-corrected chi connectivity index (χ4v) is 5.28. The Morgan fingerprint density at radius 2 is 1.73 bits per heavy atom. The maximum Gasteiger partial charge on any atom is 0.233 e. The van der Waals surface area contributed by atoms with Crippen LogP contribution in [0.1, 0.15) is 43.2 Å². The highest BCUT2D eigenvalue weighted by atomic mass is 19.1. The number of nitrogens with zero attached hydrogens (tertiary/aromatic N) is 2. The summed E-state index contributed by atoms with van der Waals surface area (Å²) >= 11 is 0. The molecule has 1 saturated heterocycles. The van der Waals surface area contributed by atoms with E-state index in [1.54, 1.807) is 12.1 Å². The molecule has 4 rings (SSSR count). The van der Waals surface area contributed by atoms with Crippen molar-refractivity contribution in [1.29, 1.82) is 0 Å². The Hall–Kier alpha value is -2.24. The van der Waals surface area contributed by atoms with Gasteiger partial charge in [-0.3, -0.25) is 9.69 Å². The van der Waals surface area contributed by atoms with Crippen LogP contribution in [-0.2, 0) is 16.8 Å². The van der Waals surface area contributed by atoms with E-state index < -0.39 is 11.0 Å². The molecule has 0 aromatic heterocycles. The summed E-state index contributed by atoms with van der Waals surface area (Å²) in [6.07, 6.45) is 4.49. The fraction of sp³-hybridized carbons (Fsp3) is 0.480. The van der Waals surface area contributed by atoms with Gasteiger partial charge in [0.05, 0.1) is 17.6 Å². The topological polar surface area (TPSA) is 43.8 Å². The third-order valence-electron chi connectivity index (χ3n) is 6.74. The van der Waals surface area contributed by atoms with Gasteiger partial charge in [-0.1, -0.05) is 55.3 Å². The van der Waals surface area contributed by atoms with Crippen molar-refractivity contribution in [2.45, 2.75) is 49.7 Å². The summed E-state index contributed by atoms with van der Waals surface area (Å²) in [6, 6.07) is 16.6. The highest BCUT2D eigenvalue weighted by Crippen LogP contribution is 2.43. The summed E-state index contributed by atoms with van der Waals surface area (Å²) in [7, 11) is 1.95. The van der Waals surface area contributed by atoms with Gasteiger partial charge in [-0.2, -0.15) is 0 Å². The molecule has 1 amide bonds. The molecule has 4 nitrogen and oxygen atoms in total. The largest absolute Gasteiger partial charge is 0.387 e. The van der Waals surface area contributed by atoms with E-state index in [1.807, 2.05) is 35.0 Å². The Balaban J connectivity index is 1.42. The minimum absolute atomic E-state index is 0.170. The molecular weight excluding hydrogens is 379 g/mol. The summed E-state index contributed by atoms with van der Waals surface area (Å²) < 4.78 is 13.1. The summed E-state index contributed by atoms with van der Waals surface area (Å²) in [5.41, 5.74) is 0.756. The van der Waals surface area contributed by atoms with Gasteiger partial charge in [0.15, 0.2) is 0 Å². The normalized spacial score (nSPS) is 23.3. The van der Waals surface area contributed by atoms with Crippen LogP contribution in [0.2, 0.25) is 0 Å². The van der Waals surface area contributed by atoms with E-state index in [2.05, 4.69) is 12.1 Å². The molecule has 1 saturated carbocycles. The predicted octanol–water partition coefficient (Wildman–Crippen LogP) is 3.73. The van der Waals surface area contributed by atoms with Crippen molar-refractivity contribution in [1.82, 2.24) is 9.80 Å². The first-order valence-corrected chi connectivity index (χ1v) is 10.9. The van der Waals surface area contributed by atoms with Crippen molar-refractivity contribution in [3.05, 3.63) is 71.5 Å². The Labute approximate surface area is 178 Å². The standard InChI is InChI=1S/C25H31FN2O2/c1-27(17-20-9-11-22(26)12-10-20)18-24(30)15-16-28(19-24)23(29)25(13-5-6-14-25)21-7-3-2-4-8-21/h2-4,7-12,30H,5-6,13-19H2,1H3. The van der Waals surface area contributed by atoms with Crippen LogP contribution in [0.3, 0.4) is 0 Å². The minimum atomic E-state index is -0.916. The van der Waals surface area contributed by atoms with Crippen LogP contribution in [0, 0.1) is 5.82 Å². The number of aliphatic hydroxyl groups is 1. The SMILES string of the molecule is CN(Cc1ccc(F)cc1)CC1(O)CCN(C(=O)C2(c3ccccc3)CCCC2)C1. The van der Waals surface area contributed by atoms with Crippen molar-refractivity contribution in [2.24, 2.45) is 0 Å². The highest BCUT2D eigenvalue weighted by molar-refractivity contribution is 5.89. The molecule has 1 heterocycles. The van der Waals surface area contributed by atoms with E-state index in [0.717, 1.165) is 36.8 Å². The smallest absolute Gasteiger partial charge is 0.233 e. The first-order chi connectivity index (χ1) is 14.4. The highest BCUT2D eigenvalue weighted by Gasteiger charge is 2.48. The lowest BCUT2D eigenvalue weighted by Crippen LogP contribution is -2.48. The molecule has 0 radical (unpaired) electrons. The quantitative estimate of drug-likeness (QED) is 0.789. The summed E-state index contributed by atoms with van der Waals surface area (Å²) in [5, 5.41) is 11.2. The van der Waals surface area contributed by atoms with Gasteiger partial charge in [-0.05, 0) is 49.6 Å². The Morgan fingerprint density at radius 3 is 2.40 bits per heavy atom. The number of carbonyl (C=O) groups excluding carboxylic acids is 1. The third-order valence-corrected chi connectivity index (χ3v) is 6.74. The number of carbonyl (C=O) groups is 1. The molecule has 5 heteroatoms. The van der Waals surface area contributed by atoms with Crippen LogP contribution in [0.15, 0.2) is 54.6 Å². The van der Waals surface area contributed by atoms with Gasteiger partial charge in [-0.25, -0.2) is 4.39 Å². The van der Waals surface area contributed by atoms with Crippen molar-refractivity contribution in [3.63, 3.8) is 0 Å². The Morgan fingerprint density at radius 1 is 1.07 bits per heavy atom. The lowest BCUT2D eigenvalue weighted by Gasteiger charge is -2.34. The van der Waals surface area contributed by atoms with Crippen LogP contribution >= 0.6 is 0 Å². The average molecular weight is 411 g/mol. The average Bonchev–Trinajstić information content (AvgIpc) is 3.38. The van der Waals surface area contributed by atoms with Crippen LogP contribution in [-0.4, -0.2) is 53.1 Å². The van der Waals surface area contributed by atoms with Gasteiger partial charge in [0.25, 0.3) is 0 Å². The van der Waals surface area contributed by atoms with Crippen LogP contribution in [0.4, 0.5) is 4.39 Å². The first kappa shape index (κ1) is 21.0. The van der Waals surface area contributed by atoms with Crippen molar-refractivity contribution >= 4 is 5.91 Å². The monoisotopic (exact) mass is 410 g/mol. The second kappa shape index (κ2) is 8.48. The number of benzene rings is 2. The number of β-amino-alcohol motifs (C(OH)–C–C–N with tert-alkyl or cyclic N) is 1. The number of likely N-dealkylation sites (N-methyl/N-ethyl adjacent to an activating group) is 1. The minimum Gasteiger partial charge on any atom is -0.387 e. The van der Waals surface area contributed by atoms with E-state index in [4.69, 9.17) is 0 Å². The van der Waals surface area contributed by atoms with E-state index in [1.165, 1.54) is 12.1 Å². The van der Waals surface area contributed by atoms with Crippen molar-refractivity contribution in [2.75, 3.05) is 26.7 Å². The number of rotatable bonds is 6. The zero-order chi connectivity index (χ0) is 21.2. The zero-order valence-electron chi connectivity index (χ0n) is 17.7. The molecule has 2 aromatic rings. The first-order valence-electron chi connectivity index (χ1n) is 10.9. The molecule has 1 N–H and O–H groups in total. The van der Waals surface area contributed by atoms with E-state index >= 15 is 0 Å². The maximum atomic E-state index is 13.6. The van der Waals surface area contributed by atoms with Gasteiger partial charge < -0.3 is 10.0 Å². The molecule has 2 aliphatic rings. The van der Waals surface area contributed by atoms with E-state index in [0.29, 0.717) is 32.6 Å². The number of hydrogen-bond acceptors (Lipinski definition) is 3. The van der Waals surface area contributed by atoms with Crippen LogP contribution < -0.4 is 0 Å². The second-order valence-electron chi connectivity index (χ2n) is 9.16. The summed E-state index contributed by atoms with van der Waals surface area (Å²) in [6.45, 7) is 2.07. The van der Waals surface area contributed by atoms with Gasteiger partial charge in [0.1, 0.15) is 5.82 Å². The van der Waals surface area contributed by atoms with E-state index in [9.17, 15) is 14.3 Å². The molecule has 1 atom stereocenters. The third kappa shape index (κ3) is 4.28. The van der Waals surface area contributed by atoms with E-state index in [-0.39, 0.29) is 11.7 Å². The molecule has 0 bridgehead atoms. The fourth-order valence-electron chi connectivity index (χ4n) is 5.28. The second-order valence-corrected chi connectivity index (χ2v) is 9.16. The summed E-state index contributed by atoms with van der Waals surface area (Å²) in [5.74, 6) is -0.0763. The predicted molar refractivity (Wildman–Crippen MR) is 115 cm³/mol. The molecule has 1 aliphatic heterocycles. The molecule has 2 fully saturated rings. The molecule has 0 spiro atoms. The zero-order valence-corrected chi connectivity index (χ0v) is 17.7. The van der Waals surface area contributed by atoms with Gasteiger partial charge in [0, 0.05) is 19.6 Å². The number of halogens is 1. The number of hydrogen-bond donors (Lipinski definition) is 1. The van der Waals surface area contributed by atoms with Gasteiger partial charge in [-0.15, -0.1) is 0 Å². The number of likely N-dealkylation sites (tertiary alicyclic amines) is 1. The van der Waals surface area contributed by atoms with Crippen LogP contribution in [0.5, 0.6) is 0 Å². The van der Waals surface area contributed by atoms with Gasteiger partial charge >= 0.3 is 0 Å². The maximum absolute atomic E-state index is 13.6. The lowest BCUT2D eigenvalue weighted by atomic mass is 9.77. The molecule has 2 aromatic carbocycles. The molecule has 160 valence electrons. The Kier molecular flexibility index (Phi) is 5.94.